The molecule has 2 fully saturated rings. The summed E-state index contributed by atoms with van der Waals surface area (Å²) in [5, 5.41) is 7.07. The summed E-state index contributed by atoms with van der Waals surface area (Å²) in [5.74, 6) is 1.87. The standard InChI is InChI=1S/C20H39N5.HI/c1-4-13-25-16-10-19(11-17-25)23-20(21-5-2)22-12-7-18-8-14-24(6-3)15-9-18;/h4,18-19H,1,5-17H2,2-3H3,(H2,21,22,23);1H. The van der Waals surface area contributed by atoms with Crippen molar-refractivity contribution in [2.75, 3.05) is 52.4 Å². The van der Waals surface area contributed by atoms with E-state index in [9.17, 15) is 0 Å². The second kappa shape index (κ2) is 13.8. The van der Waals surface area contributed by atoms with Gasteiger partial charge in [-0.1, -0.05) is 13.0 Å². The van der Waals surface area contributed by atoms with Crippen molar-refractivity contribution in [3.63, 3.8) is 0 Å². The molecule has 2 saturated heterocycles. The Bertz CT molecular complexity index is 399. The summed E-state index contributed by atoms with van der Waals surface area (Å²) in [5.41, 5.74) is 0. The first-order valence-corrected chi connectivity index (χ1v) is 10.4. The number of nitrogens with zero attached hydrogens (tertiary/aromatic N) is 3. The van der Waals surface area contributed by atoms with Gasteiger partial charge in [0.15, 0.2) is 5.96 Å². The second-order valence-electron chi connectivity index (χ2n) is 7.43. The molecule has 26 heavy (non-hydrogen) atoms. The number of hydrogen-bond acceptors (Lipinski definition) is 3. The Morgan fingerprint density at radius 1 is 1.08 bits per heavy atom. The van der Waals surface area contributed by atoms with E-state index < -0.39 is 0 Å². The van der Waals surface area contributed by atoms with E-state index in [0.717, 1.165) is 44.6 Å². The molecule has 0 radical (unpaired) electrons. The smallest absolute Gasteiger partial charge is 0.191 e. The fourth-order valence-electron chi connectivity index (χ4n) is 3.91. The molecule has 0 bridgehead atoms. The molecule has 0 saturated carbocycles. The monoisotopic (exact) mass is 477 g/mol. The molecular weight excluding hydrogens is 437 g/mol. The van der Waals surface area contributed by atoms with Crippen LogP contribution in [0.1, 0.15) is 46.0 Å². The molecule has 2 aliphatic heterocycles. The van der Waals surface area contributed by atoms with Gasteiger partial charge in [0.25, 0.3) is 0 Å². The van der Waals surface area contributed by atoms with E-state index in [1.54, 1.807) is 0 Å². The van der Waals surface area contributed by atoms with Crippen LogP contribution in [-0.2, 0) is 0 Å². The predicted molar refractivity (Wildman–Crippen MR) is 124 cm³/mol. The molecule has 6 heteroatoms. The topological polar surface area (TPSA) is 42.9 Å². The maximum absolute atomic E-state index is 4.85. The largest absolute Gasteiger partial charge is 0.357 e. The Morgan fingerprint density at radius 3 is 2.31 bits per heavy atom. The van der Waals surface area contributed by atoms with E-state index in [-0.39, 0.29) is 24.0 Å². The molecule has 2 rings (SSSR count). The molecule has 2 N–H and O–H groups in total. The molecule has 0 spiro atoms. The molecule has 152 valence electrons. The number of hydrogen-bond donors (Lipinski definition) is 2. The van der Waals surface area contributed by atoms with Crippen LogP contribution in [0.4, 0.5) is 0 Å². The van der Waals surface area contributed by atoms with Gasteiger partial charge in [0.2, 0.25) is 0 Å². The van der Waals surface area contributed by atoms with Crippen LogP contribution in [0.3, 0.4) is 0 Å². The van der Waals surface area contributed by atoms with E-state index >= 15 is 0 Å². The zero-order valence-electron chi connectivity index (χ0n) is 16.9. The molecule has 0 atom stereocenters. The van der Waals surface area contributed by atoms with Gasteiger partial charge < -0.3 is 15.5 Å². The molecule has 0 aliphatic carbocycles. The highest BCUT2D eigenvalue weighted by molar-refractivity contribution is 14.0. The molecule has 2 heterocycles. The minimum Gasteiger partial charge on any atom is -0.357 e. The van der Waals surface area contributed by atoms with E-state index in [1.807, 2.05) is 6.08 Å². The quantitative estimate of drug-likeness (QED) is 0.244. The maximum atomic E-state index is 4.85. The number of rotatable bonds is 8. The van der Waals surface area contributed by atoms with Crippen LogP contribution < -0.4 is 10.6 Å². The normalized spacial score (nSPS) is 21.2. The molecule has 2 aliphatic rings. The Labute approximate surface area is 178 Å². The Kier molecular flexibility index (Phi) is 12.6. The highest BCUT2D eigenvalue weighted by atomic mass is 127. The van der Waals surface area contributed by atoms with Crippen molar-refractivity contribution in [1.82, 2.24) is 20.4 Å². The average Bonchev–Trinajstić information content (AvgIpc) is 2.64. The first-order chi connectivity index (χ1) is 12.2. The predicted octanol–water partition coefficient (Wildman–Crippen LogP) is 2.93. The zero-order valence-corrected chi connectivity index (χ0v) is 19.2. The first-order valence-electron chi connectivity index (χ1n) is 10.4. The van der Waals surface area contributed by atoms with E-state index in [4.69, 9.17) is 4.99 Å². The van der Waals surface area contributed by atoms with Gasteiger partial charge in [0.05, 0.1) is 0 Å². The molecule has 0 aromatic rings. The third-order valence-corrected chi connectivity index (χ3v) is 5.62. The second-order valence-corrected chi connectivity index (χ2v) is 7.43. The van der Waals surface area contributed by atoms with Crippen molar-refractivity contribution >= 4 is 29.9 Å². The molecule has 5 nitrogen and oxygen atoms in total. The van der Waals surface area contributed by atoms with Crippen molar-refractivity contribution in [3.05, 3.63) is 12.7 Å². The van der Waals surface area contributed by atoms with Crippen LogP contribution in [0, 0.1) is 5.92 Å². The van der Waals surface area contributed by atoms with Crippen LogP contribution in [0.5, 0.6) is 0 Å². The maximum Gasteiger partial charge on any atom is 0.191 e. The fourth-order valence-corrected chi connectivity index (χ4v) is 3.91. The molecule has 0 aromatic heterocycles. The molecule has 0 amide bonds. The van der Waals surface area contributed by atoms with Crippen molar-refractivity contribution in [2.45, 2.75) is 52.0 Å². The van der Waals surface area contributed by atoms with Crippen LogP contribution in [0.15, 0.2) is 17.6 Å². The lowest BCUT2D eigenvalue weighted by molar-refractivity contribution is 0.188. The number of nitrogens with one attached hydrogen (secondary N) is 2. The van der Waals surface area contributed by atoms with Gasteiger partial charge in [0, 0.05) is 38.8 Å². The number of halogens is 1. The van der Waals surface area contributed by atoms with Gasteiger partial charge in [-0.25, -0.2) is 0 Å². The summed E-state index contributed by atoms with van der Waals surface area (Å²) >= 11 is 0. The van der Waals surface area contributed by atoms with E-state index in [2.05, 4.69) is 40.9 Å². The summed E-state index contributed by atoms with van der Waals surface area (Å²) in [6, 6.07) is 0.548. The summed E-state index contributed by atoms with van der Waals surface area (Å²) < 4.78 is 0. The Hall–Kier alpha value is -0.340. The van der Waals surface area contributed by atoms with Crippen molar-refractivity contribution < 1.29 is 0 Å². The lowest BCUT2D eigenvalue weighted by Gasteiger charge is -2.32. The SMILES string of the molecule is C=CCN1CCC(NC(=NCCC2CCN(CC)CC2)NCC)CC1.I. The number of piperidine rings is 2. The van der Waals surface area contributed by atoms with Gasteiger partial charge in [-0.2, -0.15) is 0 Å². The molecule has 0 aromatic carbocycles. The molecular formula is C20H40IN5. The van der Waals surface area contributed by atoms with Gasteiger partial charge in [0.1, 0.15) is 0 Å². The first kappa shape index (κ1) is 23.7. The lowest BCUT2D eigenvalue weighted by atomic mass is 9.94. The number of likely N-dealkylation sites (tertiary alicyclic amines) is 2. The minimum atomic E-state index is 0. The van der Waals surface area contributed by atoms with Gasteiger partial charge in [-0.15, -0.1) is 30.6 Å². The van der Waals surface area contributed by atoms with Crippen molar-refractivity contribution in [1.29, 1.82) is 0 Å². The van der Waals surface area contributed by atoms with Crippen molar-refractivity contribution in [3.8, 4) is 0 Å². The van der Waals surface area contributed by atoms with Gasteiger partial charge in [-0.05, 0) is 64.6 Å². The third-order valence-electron chi connectivity index (χ3n) is 5.62. The zero-order chi connectivity index (χ0) is 17.9. The summed E-state index contributed by atoms with van der Waals surface area (Å²) in [6.45, 7) is 17.2. The summed E-state index contributed by atoms with van der Waals surface area (Å²) in [4.78, 5) is 9.88. The number of guanidine groups is 1. The summed E-state index contributed by atoms with van der Waals surface area (Å²) in [6.07, 6.45) is 8.29. The van der Waals surface area contributed by atoms with Crippen molar-refractivity contribution in [2.24, 2.45) is 10.9 Å². The van der Waals surface area contributed by atoms with Crippen LogP contribution in [-0.4, -0.2) is 74.2 Å². The highest BCUT2D eigenvalue weighted by Gasteiger charge is 2.20. The van der Waals surface area contributed by atoms with Gasteiger partial charge >= 0.3 is 0 Å². The van der Waals surface area contributed by atoms with E-state index in [0.29, 0.717) is 6.04 Å². The highest BCUT2D eigenvalue weighted by Crippen LogP contribution is 2.20. The van der Waals surface area contributed by atoms with Crippen LogP contribution in [0.25, 0.3) is 0 Å². The average molecular weight is 477 g/mol. The lowest BCUT2D eigenvalue weighted by Crippen LogP contribution is -2.48. The third kappa shape index (κ3) is 8.57. The van der Waals surface area contributed by atoms with Gasteiger partial charge in [-0.3, -0.25) is 9.89 Å². The van der Waals surface area contributed by atoms with Crippen LogP contribution in [0.2, 0.25) is 0 Å². The minimum absolute atomic E-state index is 0. The number of aliphatic imine (C=N–C) groups is 1. The Balaban J connectivity index is 0.00000338. The van der Waals surface area contributed by atoms with Crippen LogP contribution >= 0.6 is 24.0 Å². The Morgan fingerprint density at radius 2 is 1.73 bits per heavy atom. The summed E-state index contributed by atoms with van der Waals surface area (Å²) in [7, 11) is 0. The molecule has 0 unspecified atom stereocenters. The fraction of sp³-hybridized carbons (Fsp3) is 0.850. The van der Waals surface area contributed by atoms with E-state index in [1.165, 1.54) is 51.7 Å².